The lowest BCUT2D eigenvalue weighted by atomic mass is 10.2. The third-order valence-corrected chi connectivity index (χ3v) is 5.45. The van der Waals surface area contributed by atoms with Crippen molar-refractivity contribution < 1.29 is 8.42 Å². The molecule has 22 heavy (non-hydrogen) atoms. The molecule has 0 spiro atoms. The van der Waals surface area contributed by atoms with Crippen molar-refractivity contribution in [3.8, 4) is 5.40 Å². The molecule has 2 aromatic rings. The predicted molar refractivity (Wildman–Crippen MR) is 89.9 cm³/mol. The molecule has 2 aromatic carbocycles. The lowest BCUT2D eigenvalue weighted by Crippen LogP contribution is -2.14. The highest BCUT2D eigenvalue weighted by Gasteiger charge is 2.19. The van der Waals surface area contributed by atoms with E-state index in [9.17, 15) is 8.42 Å². The SMILES string of the molecule is Cc1cc(SC#N)ccc1NS(=O)(=O)c1cc(Cl)ccc1Cl. The molecular formula is C14H10Cl2N2O2S2. The van der Waals surface area contributed by atoms with Gasteiger partial charge in [-0.1, -0.05) is 23.2 Å². The topological polar surface area (TPSA) is 70.0 Å². The van der Waals surface area contributed by atoms with Gasteiger partial charge in [0.25, 0.3) is 10.0 Å². The van der Waals surface area contributed by atoms with Crippen molar-refractivity contribution in [2.45, 2.75) is 16.7 Å². The molecule has 0 saturated carbocycles. The van der Waals surface area contributed by atoms with E-state index in [2.05, 4.69) is 4.72 Å². The highest BCUT2D eigenvalue weighted by Crippen LogP contribution is 2.29. The molecule has 4 nitrogen and oxygen atoms in total. The maximum atomic E-state index is 12.4. The summed E-state index contributed by atoms with van der Waals surface area (Å²) < 4.78 is 27.3. The first-order valence-corrected chi connectivity index (χ1v) is 9.03. The van der Waals surface area contributed by atoms with Crippen LogP contribution in [0.25, 0.3) is 0 Å². The van der Waals surface area contributed by atoms with Crippen molar-refractivity contribution in [1.29, 1.82) is 5.26 Å². The van der Waals surface area contributed by atoms with Crippen LogP contribution >= 0.6 is 35.0 Å². The normalized spacial score (nSPS) is 11.0. The number of aryl methyl sites for hydroxylation is 1. The fourth-order valence-corrected chi connectivity index (χ4v) is 4.12. The molecule has 0 amide bonds. The van der Waals surface area contributed by atoms with Crippen LogP contribution in [0.4, 0.5) is 5.69 Å². The zero-order chi connectivity index (χ0) is 16.3. The smallest absolute Gasteiger partial charge is 0.263 e. The maximum Gasteiger partial charge on any atom is 0.263 e. The van der Waals surface area contributed by atoms with Crippen molar-refractivity contribution in [2.24, 2.45) is 0 Å². The summed E-state index contributed by atoms with van der Waals surface area (Å²) in [4.78, 5) is 0.653. The fourth-order valence-electron chi connectivity index (χ4n) is 1.75. The Morgan fingerprint density at radius 1 is 1.18 bits per heavy atom. The Morgan fingerprint density at radius 2 is 1.91 bits per heavy atom. The lowest BCUT2D eigenvalue weighted by Gasteiger charge is -2.12. The molecule has 2 rings (SSSR count). The molecule has 0 aliphatic rings. The quantitative estimate of drug-likeness (QED) is 0.624. The first kappa shape index (κ1) is 17.0. The summed E-state index contributed by atoms with van der Waals surface area (Å²) in [6.07, 6.45) is 0. The minimum absolute atomic E-state index is 0.0865. The molecule has 0 aromatic heterocycles. The number of thioether (sulfide) groups is 1. The number of rotatable bonds is 4. The summed E-state index contributed by atoms with van der Waals surface area (Å²) in [5, 5.41) is 11.0. The van der Waals surface area contributed by atoms with E-state index in [1.165, 1.54) is 18.2 Å². The van der Waals surface area contributed by atoms with Crippen LogP contribution in [-0.2, 0) is 10.0 Å². The standard InChI is InChI=1S/C14H10Cl2N2O2S2/c1-9-6-11(21-8-17)3-5-13(9)18-22(19,20)14-7-10(15)2-4-12(14)16/h2-7,18H,1H3. The molecule has 0 aliphatic carbocycles. The highest BCUT2D eigenvalue weighted by molar-refractivity contribution is 8.03. The first-order valence-electron chi connectivity index (χ1n) is 5.98. The van der Waals surface area contributed by atoms with Gasteiger partial charge in [-0.2, -0.15) is 5.26 Å². The third kappa shape index (κ3) is 3.87. The van der Waals surface area contributed by atoms with E-state index in [1.807, 2.05) is 5.40 Å². The molecule has 0 atom stereocenters. The van der Waals surface area contributed by atoms with E-state index < -0.39 is 10.0 Å². The number of hydrogen-bond donors (Lipinski definition) is 1. The van der Waals surface area contributed by atoms with Crippen molar-refractivity contribution >= 4 is 50.7 Å². The van der Waals surface area contributed by atoms with Crippen LogP contribution in [0.3, 0.4) is 0 Å². The van der Waals surface area contributed by atoms with Gasteiger partial charge in [0, 0.05) is 9.92 Å². The van der Waals surface area contributed by atoms with Gasteiger partial charge in [0.05, 0.1) is 10.7 Å². The monoisotopic (exact) mass is 372 g/mol. The summed E-state index contributed by atoms with van der Waals surface area (Å²) in [5.74, 6) is 0. The van der Waals surface area contributed by atoms with Crippen LogP contribution in [0.15, 0.2) is 46.2 Å². The molecule has 114 valence electrons. The van der Waals surface area contributed by atoms with Gasteiger partial charge in [-0.25, -0.2) is 8.42 Å². The lowest BCUT2D eigenvalue weighted by molar-refractivity contribution is 0.601. The number of nitriles is 1. The molecular weight excluding hydrogens is 363 g/mol. The Balaban J connectivity index is 2.37. The van der Waals surface area contributed by atoms with Gasteiger partial charge in [0.15, 0.2) is 0 Å². The van der Waals surface area contributed by atoms with Crippen LogP contribution < -0.4 is 4.72 Å². The molecule has 0 fully saturated rings. The first-order chi connectivity index (χ1) is 10.3. The van der Waals surface area contributed by atoms with E-state index in [0.717, 1.165) is 16.7 Å². The van der Waals surface area contributed by atoms with Crippen LogP contribution in [0, 0.1) is 17.6 Å². The van der Waals surface area contributed by atoms with Gasteiger partial charge in [0.2, 0.25) is 0 Å². The zero-order valence-corrected chi connectivity index (χ0v) is 14.4. The molecule has 0 heterocycles. The van der Waals surface area contributed by atoms with Crippen molar-refractivity contribution in [3.05, 3.63) is 52.0 Å². The van der Waals surface area contributed by atoms with Crippen molar-refractivity contribution in [2.75, 3.05) is 4.72 Å². The Kier molecular flexibility index (Phi) is 5.24. The highest BCUT2D eigenvalue weighted by atomic mass is 35.5. The Labute approximate surface area is 143 Å². The molecule has 0 unspecified atom stereocenters. The largest absolute Gasteiger partial charge is 0.279 e. The van der Waals surface area contributed by atoms with Gasteiger partial charge in [-0.05, 0) is 60.6 Å². The number of benzene rings is 2. The number of thiocyanates is 1. The van der Waals surface area contributed by atoms with Crippen molar-refractivity contribution in [3.63, 3.8) is 0 Å². The second-order valence-corrected chi connectivity index (χ2v) is 7.70. The summed E-state index contributed by atoms with van der Waals surface area (Å²) in [5.41, 5.74) is 1.11. The maximum absolute atomic E-state index is 12.4. The molecule has 1 N–H and O–H groups in total. The van der Waals surface area contributed by atoms with Crippen LogP contribution in [0.2, 0.25) is 10.0 Å². The summed E-state index contributed by atoms with van der Waals surface area (Å²) >= 11 is 12.8. The number of nitrogens with one attached hydrogen (secondary N) is 1. The summed E-state index contributed by atoms with van der Waals surface area (Å²) in [6.45, 7) is 1.75. The van der Waals surface area contributed by atoms with Crippen LogP contribution in [0.5, 0.6) is 0 Å². The van der Waals surface area contributed by atoms with Crippen LogP contribution in [0.1, 0.15) is 5.56 Å². The van der Waals surface area contributed by atoms with E-state index in [4.69, 9.17) is 28.5 Å². The minimum atomic E-state index is -3.85. The second kappa shape index (κ2) is 6.80. The van der Waals surface area contributed by atoms with Gasteiger partial charge in [-0.15, -0.1) is 0 Å². The fraction of sp³-hybridized carbons (Fsp3) is 0.0714. The number of anilines is 1. The molecule has 0 radical (unpaired) electrons. The second-order valence-electron chi connectivity index (χ2n) is 4.35. The molecule has 0 bridgehead atoms. The summed E-state index contributed by atoms with van der Waals surface area (Å²) in [7, 11) is -3.85. The van der Waals surface area contributed by atoms with Gasteiger partial charge in [0.1, 0.15) is 10.3 Å². The molecule has 0 saturated heterocycles. The van der Waals surface area contributed by atoms with E-state index >= 15 is 0 Å². The summed E-state index contributed by atoms with van der Waals surface area (Å²) in [6, 6.07) is 9.23. The minimum Gasteiger partial charge on any atom is -0.279 e. The third-order valence-electron chi connectivity index (χ3n) is 2.79. The van der Waals surface area contributed by atoms with Crippen molar-refractivity contribution in [1.82, 2.24) is 0 Å². The van der Waals surface area contributed by atoms with E-state index in [1.54, 1.807) is 25.1 Å². The number of nitrogens with zero attached hydrogens (tertiary/aromatic N) is 1. The van der Waals surface area contributed by atoms with E-state index in [-0.39, 0.29) is 14.9 Å². The Bertz CT molecular complexity index is 862. The number of sulfonamides is 1. The van der Waals surface area contributed by atoms with Gasteiger partial charge < -0.3 is 0 Å². The number of hydrogen-bond acceptors (Lipinski definition) is 4. The zero-order valence-electron chi connectivity index (χ0n) is 11.3. The molecule has 8 heteroatoms. The number of halogens is 2. The van der Waals surface area contributed by atoms with E-state index in [0.29, 0.717) is 11.3 Å². The van der Waals surface area contributed by atoms with Crippen LogP contribution in [-0.4, -0.2) is 8.42 Å². The Hall–Kier alpha value is -1.39. The average Bonchev–Trinajstić information content (AvgIpc) is 2.44. The Morgan fingerprint density at radius 3 is 2.55 bits per heavy atom. The van der Waals surface area contributed by atoms with Gasteiger partial charge in [-0.3, -0.25) is 4.72 Å². The average molecular weight is 373 g/mol. The predicted octanol–water partition coefficient (Wildman–Crippen LogP) is 4.68. The molecule has 0 aliphatic heterocycles. The van der Waals surface area contributed by atoms with Gasteiger partial charge >= 0.3 is 0 Å².